The smallest absolute Gasteiger partial charge is 0.108 e. The van der Waals surface area contributed by atoms with E-state index in [0.717, 1.165) is 16.1 Å². The molecule has 0 bridgehead atoms. The molecule has 0 aromatic carbocycles. The van der Waals surface area contributed by atoms with Crippen molar-refractivity contribution in [1.82, 2.24) is 15.5 Å². The molecule has 0 saturated carbocycles. The first kappa shape index (κ1) is 13.3. The largest absolute Gasteiger partial charge is 0.383 e. The lowest BCUT2D eigenvalue weighted by Crippen LogP contribution is -2.36. The average Bonchev–Trinajstić information content (AvgIpc) is 2.96. The molecule has 2 aromatic heterocycles. The zero-order chi connectivity index (χ0) is 13.2. The molecule has 0 spiro atoms. The van der Waals surface area contributed by atoms with Gasteiger partial charge < -0.3 is 10.4 Å². The van der Waals surface area contributed by atoms with Gasteiger partial charge in [-0.25, -0.2) is 0 Å². The average molecular weight is 265 g/mol. The van der Waals surface area contributed by atoms with Crippen LogP contribution in [0.25, 0.3) is 0 Å². The predicted molar refractivity (Wildman–Crippen MR) is 73.6 cm³/mol. The van der Waals surface area contributed by atoms with Gasteiger partial charge in [0.2, 0.25) is 0 Å². The van der Waals surface area contributed by atoms with E-state index in [1.165, 1.54) is 0 Å². The second-order valence-corrected chi connectivity index (χ2v) is 5.75. The van der Waals surface area contributed by atoms with E-state index in [1.54, 1.807) is 11.3 Å². The fourth-order valence-electron chi connectivity index (χ4n) is 1.93. The number of thiophene rings is 1. The molecule has 3 N–H and O–H groups in total. The Hall–Kier alpha value is -1.17. The number of aromatic amines is 1. The Bertz CT molecular complexity index is 490. The summed E-state index contributed by atoms with van der Waals surface area (Å²) < 4.78 is 0. The van der Waals surface area contributed by atoms with Crippen LogP contribution in [0.3, 0.4) is 0 Å². The summed E-state index contributed by atoms with van der Waals surface area (Å²) in [7, 11) is 0. The molecule has 0 saturated heterocycles. The number of aromatic nitrogens is 2. The fraction of sp³-hybridized carbons (Fsp3) is 0.462. The highest BCUT2D eigenvalue weighted by atomic mass is 32.1. The van der Waals surface area contributed by atoms with Crippen molar-refractivity contribution in [3.63, 3.8) is 0 Å². The zero-order valence-corrected chi connectivity index (χ0v) is 11.7. The first-order valence-electron chi connectivity index (χ1n) is 6.00. The Morgan fingerprint density at radius 2 is 2.39 bits per heavy atom. The fourth-order valence-corrected chi connectivity index (χ4v) is 2.72. The third-order valence-electron chi connectivity index (χ3n) is 3.14. The minimum absolute atomic E-state index is 0.162. The second kappa shape index (κ2) is 5.22. The minimum Gasteiger partial charge on any atom is -0.383 e. The summed E-state index contributed by atoms with van der Waals surface area (Å²) in [6.07, 6.45) is 1.83. The van der Waals surface area contributed by atoms with Crippen molar-refractivity contribution >= 4 is 11.3 Å². The number of rotatable bonds is 5. The molecule has 2 rings (SSSR count). The highest BCUT2D eigenvalue weighted by molar-refractivity contribution is 7.10. The van der Waals surface area contributed by atoms with Gasteiger partial charge in [0.15, 0.2) is 0 Å². The van der Waals surface area contributed by atoms with Crippen molar-refractivity contribution in [2.24, 2.45) is 0 Å². The third kappa shape index (κ3) is 2.80. The third-order valence-corrected chi connectivity index (χ3v) is 4.26. The van der Waals surface area contributed by atoms with E-state index in [0.29, 0.717) is 6.54 Å². The molecule has 0 radical (unpaired) electrons. The number of aryl methyl sites for hydroxylation is 1. The van der Waals surface area contributed by atoms with Crippen molar-refractivity contribution in [1.29, 1.82) is 0 Å². The zero-order valence-electron chi connectivity index (χ0n) is 10.9. The van der Waals surface area contributed by atoms with Gasteiger partial charge in [0, 0.05) is 28.7 Å². The van der Waals surface area contributed by atoms with Crippen molar-refractivity contribution < 1.29 is 5.11 Å². The predicted octanol–water partition coefficient (Wildman–Crippen LogP) is 2.34. The molecule has 0 fully saturated rings. The molecule has 0 aliphatic carbocycles. The lowest BCUT2D eigenvalue weighted by molar-refractivity contribution is 0.0581. The molecule has 18 heavy (non-hydrogen) atoms. The molecule has 2 atom stereocenters. The first-order valence-corrected chi connectivity index (χ1v) is 6.88. The Balaban J connectivity index is 1.98. The van der Waals surface area contributed by atoms with Crippen molar-refractivity contribution in [3.8, 4) is 0 Å². The molecule has 4 nitrogen and oxygen atoms in total. The summed E-state index contributed by atoms with van der Waals surface area (Å²) in [5.74, 6) is 0. The topological polar surface area (TPSA) is 60.9 Å². The molecule has 2 unspecified atom stereocenters. The van der Waals surface area contributed by atoms with Crippen molar-refractivity contribution in [2.75, 3.05) is 6.54 Å². The number of hydrogen-bond donors (Lipinski definition) is 3. The monoisotopic (exact) mass is 265 g/mol. The molecule has 2 heterocycles. The van der Waals surface area contributed by atoms with Gasteiger partial charge >= 0.3 is 0 Å². The Morgan fingerprint density at radius 1 is 1.61 bits per heavy atom. The number of hydrogen-bond acceptors (Lipinski definition) is 4. The summed E-state index contributed by atoms with van der Waals surface area (Å²) in [4.78, 5) is 0.978. The van der Waals surface area contributed by atoms with E-state index in [2.05, 4.69) is 22.4 Å². The molecule has 5 heteroatoms. The van der Waals surface area contributed by atoms with Crippen LogP contribution >= 0.6 is 11.3 Å². The van der Waals surface area contributed by atoms with Gasteiger partial charge in [-0.2, -0.15) is 5.10 Å². The van der Waals surface area contributed by atoms with E-state index in [4.69, 9.17) is 0 Å². The number of nitrogens with zero attached hydrogens (tertiary/aromatic N) is 1. The highest BCUT2D eigenvalue weighted by Crippen LogP contribution is 2.25. The van der Waals surface area contributed by atoms with Gasteiger partial charge in [-0.3, -0.25) is 5.10 Å². The van der Waals surface area contributed by atoms with Gasteiger partial charge in [0.25, 0.3) is 0 Å². The van der Waals surface area contributed by atoms with E-state index < -0.39 is 5.60 Å². The summed E-state index contributed by atoms with van der Waals surface area (Å²) in [6, 6.07) is 4.08. The van der Waals surface area contributed by atoms with Crippen molar-refractivity contribution in [3.05, 3.63) is 39.8 Å². The van der Waals surface area contributed by atoms with E-state index >= 15 is 0 Å². The van der Waals surface area contributed by atoms with E-state index in [1.807, 2.05) is 37.6 Å². The number of nitrogens with one attached hydrogen (secondary N) is 2. The molecule has 0 aliphatic heterocycles. The lowest BCUT2D eigenvalue weighted by Gasteiger charge is -2.25. The lowest BCUT2D eigenvalue weighted by atomic mass is 10.0. The summed E-state index contributed by atoms with van der Waals surface area (Å²) in [6.45, 7) is 6.42. The first-order chi connectivity index (χ1) is 8.50. The van der Waals surface area contributed by atoms with Crippen LogP contribution in [0, 0.1) is 6.92 Å². The van der Waals surface area contributed by atoms with Crippen LogP contribution < -0.4 is 5.32 Å². The maximum atomic E-state index is 10.4. The second-order valence-electron chi connectivity index (χ2n) is 4.80. The van der Waals surface area contributed by atoms with E-state index in [-0.39, 0.29) is 6.04 Å². The van der Waals surface area contributed by atoms with Crippen LogP contribution in [0.5, 0.6) is 0 Å². The quantitative estimate of drug-likeness (QED) is 0.777. The van der Waals surface area contributed by atoms with Crippen molar-refractivity contribution in [2.45, 2.75) is 32.4 Å². The van der Waals surface area contributed by atoms with Crippen LogP contribution in [0.4, 0.5) is 0 Å². The molecule has 2 aromatic rings. The summed E-state index contributed by atoms with van der Waals surface area (Å²) >= 11 is 1.57. The highest BCUT2D eigenvalue weighted by Gasteiger charge is 2.25. The van der Waals surface area contributed by atoms with Gasteiger partial charge in [0.05, 0.1) is 6.20 Å². The molecule has 98 valence electrons. The Labute approximate surface area is 111 Å². The minimum atomic E-state index is -0.833. The maximum Gasteiger partial charge on any atom is 0.108 e. The maximum absolute atomic E-state index is 10.4. The van der Waals surface area contributed by atoms with Gasteiger partial charge in [-0.05, 0) is 32.2 Å². The van der Waals surface area contributed by atoms with Crippen LogP contribution in [0.2, 0.25) is 0 Å². The van der Waals surface area contributed by atoms with Crippen LogP contribution in [0.15, 0.2) is 23.7 Å². The molecular weight excluding hydrogens is 246 g/mol. The van der Waals surface area contributed by atoms with Gasteiger partial charge in [-0.1, -0.05) is 6.07 Å². The summed E-state index contributed by atoms with van der Waals surface area (Å²) in [5, 5.41) is 22.7. The van der Waals surface area contributed by atoms with Crippen LogP contribution in [0.1, 0.15) is 36.0 Å². The summed E-state index contributed by atoms with van der Waals surface area (Å²) in [5.41, 5.74) is 1.36. The normalized spacial score (nSPS) is 16.4. The number of H-pyrrole nitrogens is 1. The van der Waals surface area contributed by atoms with E-state index in [9.17, 15) is 5.11 Å². The van der Waals surface area contributed by atoms with Gasteiger partial charge in [0.1, 0.15) is 5.60 Å². The standard InChI is InChI=1S/C13H19N3OS/c1-9(11-7-15-16-10(11)2)14-8-13(3,17)12-5-4-6-18-12/h4-7,9,14,17H,8H2,1-3H3,(H,15,16). The molecular formula is C13H19N3OS. The Kier molecular flexibility index (Phi) is 3.85. The van der Waals surface area contributed by atoms with Crippen LogP contribution in [-0.2, 0) is 5.60 Å². The van der Waals surface area contributed by atoms with Crippen LogP contribution in [-0.4, -0.2) is 21.8 Å². The molecule has 0 aliphatic rings. The Morgan fingerprint density at radius 3 is 2.94 bits per heavy atom. The molecule has 0 amide bonds. The number of aliphatic hydroxyl groups is 1. The van der Waals surface area contributed by atoms with Gasteiger partial charge in [-0.15, -0.1) is 11.3 Å². The SMILES string of the molecule is Cc1[nH]ncc1C(C)NCC(C)(O)c1cccs1.